The number of carbonyl (C=O) groups excluding carboxylic acids is 2. The Morgan fingerprint density at radius 2 is 1.16 bits per heavy atom. The number of ether oxygens (including phenoxy) is 2. The normalized spacial score (nSPS) is 14.8. The third-order valence-corrected chi connectivity index (χ3v) is 9.58. The molecule has 11 heteroatoms. The number of hydrogen-bond donors (Lipinski definition) is 2. The van der Waals surface area contributed by atoms with E-state index in [2.05, 4.69) is 50.3 Å². The van der Waals surface area contributed by atoms with Crippen molar-refractivity contribution < 1.29 is 47.2 Å². The lowest BCUT2D eigenvalue weighted by molar-refractivity contribution is -0.870. The molecule has 0 aliphatic rings. The van der Waals surface area contributed by atoms with E-state index in [0.717, 1.165) is 70.6 Å². The first kappa shape index (κ1) is 52.7. The van der Waals surface area contributed by atoms with Crippen LogP contribution >= 0.6 is 7.82 Å². The number of rotatable bonds is 37. The quantitative estimate of drug-likeness (QED) is 0.0207. The van der Waals surface area contributed by atoms with E-state index >= 15 is 0 Å². The Labute approximate surface area is 335 Å². The third-order valence-electron chi connectivity index (χ3n) is 8.59. The molecule has 0 heterocycles. The number of quaternary nitrogens is 1. The van der Waals surface area contributed by atoms with E-state index in [9.17, 15) is 24.2 Å². The molecule has 0 fully saturated rings. The first-order valence-corrected chi connectivity index (χ1v) is 22.6. The molecule has 0 saturated carbocycles. The van der Waals surface area contributed by atoms with Crippen LogP contribution < -0.4 is 0 Å². The van der Waals surface area contributed by atoms with Crippen LogP contribution in [0, 0.1) is 0 Å². The highest BCUT2D eigenvalue weighted by Gasteiger charge is 2.27. The molecular weight excluding hydrogens is 717 g/mol. The summed E-state index contributed by atoms with van der Waals surface area (Å²) in [5.41, 5.74) is 0. The molecule has 0 bridgehead atoms. The summed E-state index contributed by atoms with van der Waals surface area (Å²) in [7, 11) is 1.40. The van der Waals surface area contributed by atoms with Gasteiger partial charge in [-0.3, -0.25) is 18.6 Å². The van der Waals surface area contributed by atoms with E-state index in [0.29, 0.717) is 30.3 Å². The van der Waals surface area contributed by atoms with Gasteiger partial charge in [0.1, 0.15) is 19.8 Å². The minimum Gasteiger partial charge on any atom is -0.462 e. The highest BCUT2D eigenvalue weighted by Crippen LogP contribution is 2.43. The third kappa shape index (κ3) is 39.7. The number of nitrogens with zero attached hydrogens (tertiary/aromatic N) is 1. The topological polar surface area (TPSA) is 129 Å². The van der Waals surface area contributed by atoms with Crippen molar-refractivity contribution in [2.24, 2.45) is 0 Å². The SMILES string of the molecule is CCCCCC/C=C\CCCCCCCC(=O)OC[C@H](COP(=O)(O)OCC[N+](C)(C)C)OC(=O)CCC/C=C\C/C=C\C/C=C\C/C=C\[C@H](O)CCCC. The standard InChI is InChI=1S/C44H78NO9P/c1-6-8-10-11-12-13-14-15-19-22-25-28-31-35-43(47)51-39-42(40-53-55(49,50)52-38-37-45(3,4)5)54-44(48)36-32-29-26-23-20-17-16-18-21-24-27-30-34-41(46)33-9-7-2/h13-14,16-17,21,23-24,26,30,34,41-42,46H,6-12,15,18-20,22,25,27-29,31-33,35-40H2,1-5H3/p+1/b14-13-,17-16-,24-21-,26-23-,34-30-/t41-,42-/m1/s1. The van der Waals surface area contributed by atoms with Gasteiger partial charge in [0, 0.05) is 12.8 Å². The van der Waals surface area contributed by atoms with Crippen LogP contribution in [0.25, 0.3) is 0 Å². The van der Waals surface area contributed by atoms with Crippen molar-refractivity contribution in [2.75, 3.05) is 47.5 Å². The summed E-state index contributed by atoms with van der Waals surface area (Å²) in [6.45, 7) is 4.14. The summed E-state index contributed by atoms with van der Waals surface area (Å²) in [5.74, 6) is -0.903. The molecule has 55 heavy (non-hydrogen) atoms. The summed E-state index contributed by atoms with van der Waals surface area (Å²) in [4.78, 5) is 35.3. The number of allylic oxidation sites excluding steroid dienone is 9. The summed E-state index contributed by atoms with van der Waals surface area (Å²) in [6, 6.07) is 0. The van der Waals surface area contributed by atoms with Gasteiger partial charge in [0.05, 0.1) is 33.9 Å². The van der Waals surface area contributed by atoms with Crippen molar-refractivity contribution in [2.45, 2.75) is 161 Å². The van der Waals surface area contributed by atoms with Crippen LogP contribution in [-0.2, 0) is 32.7 Å². The van der Waals surface area contributed by atoms with Crippen LogP contribution in [0.5, 0.6) is 0 Å². The zero-order valence-corrected chi connectivity index (χ0v) is 36.1. The maximum atomic E-state index is 12.6. The van der Waals surface area contributed by atoms with E-state index in [-0.39, 0.29) is 32.2 Å². The van der Waals surface area contributed by atoms with Gasteiger partial charge in [-0.05, 0) is 70.6 Å². The number of esters is 2. The Balaban J connectivity index is 4.54. The number of carbonyl (C=O) groups is 2. The van der Waals surface area contributed by atoms with E-state index in [1.807, 2.05) is 45.4 Å². The second kappa shape index (κ2) is 36.0. The fourth-order valence-corrected chi connectivity index (χ4v) is 5.94. The van der Waals surface area contributed by atoms with Crippen molar-refractivity contribution >= 4 is 19.8 Å². The van der Waals surface area contributed by atoms with E-state index < -0.39 is 32.5 Å². The van der Waals surface area contributed by atoms with E-state index in [1.165, 1.54) is 32.1 Å². The smallest absolute Gasteiger partial charge is 0.462 e. The van der Waals surface area contributed by atoms with Gasteiger partial charge >= 0.3 is 19.8 Å². The van der Waals surface area contributed by atoms with Gasteiger partial charge in [-0.25, -0.2) is 4.57 Å². The van der Waals surface area contributed by atoms with Crippen molar-refractivity contribution in [1.82, 2.24) is 0 Å². The van der Waals surface area contributed by atoms with Gasteiger partial charge in [0.15, 0.2) is 6.10 Å². The fourth-order valence-electron chi connectivity index (χ4n) is 5.19. The zero-order valence-electron chi connectivity index (χ0n) is 35.3. The van der Waals surface area contributed by atoms with Crippen LogP contribution in [-0.4, -0.2) is 86.1 Å². The van der Waals surface area contributed by atoms with Crippen molar-refractivity contribution in [3.05, 3.63) is 60.8 Å². The molecule has 0 spiro atoms. The van der Waals surface area contributed by atoms with E-state index in [1.54, 1.807) is 0 Å². The Hall–Kier alpha value is -2.33. The number of hydrogen-bond acceptors (Lipinski definition) is 8. The van der Waals surface area contributed by atoms with Crippen molar-refractivity contribution in [1.29, 1.82) is 0 Å². The van der Waals surface area contributed by atoms with Crippen LogP contribution in [0.4, 0.5) is 0 Å². The molecule has 10 nitrogen and oxygen atoms in total. The maximum Gasteiger partial charge on any atom is 0.472 e. The minimum absolute atomic E-state index is 0.0104. The van der Waals surface area contributed by atoms with Gasteiger partial charge in [-0.15, -0.1) is 0 Å². The number of phosphoric acid groups is 1. The predicted octanol–water partition coefficient (Wildman–Crippen LogP) is 10.7. The second-order valence-electron chi connectivity index (χ2n) is 15.2. The van der Waals surface area contributed by atoms with E-state index in [4.69, 9.17) is 18.5 Å². The molecule has 0 amide bonds. The molecule has 0 aliphatic carbocycles. The molecule has 0 radical (unpaired) electrons. The Bertz CT molecular complexity index is 1140. The molecule has 0 saturated heterocycles. The average Bonchev–Trinajstić information content (AvgIpc) is 3.13. The van der Waals surface area contributed by atoms with Crippen LogP contribution in [0.1, 0.15) is 149 Å². The first-order valence-electron chi connectivity index (χ1n) is 21.1. The fraction of sp³-hybridized carbons (Fsp3) is 0.727. The Morgan fingerprint density at radius 3 is 1.80 bits per heavy atom. The number of aliphatic hydroxyl groups excluding tert-OH is 1. The number of unbranched alkanes of at least 4 members (excludes halogenated alkanes) is 11. The molecule has 0 aromatic rings. The summed E-state index contributed by atoms with van der Waals surface area (Å²) < 4.78 is 34.1. The molecular formula is C44H79NO9P+. The van der Waals surface area contributed by atoms with Crippen LogP contribution in [0.3, 0.4) is 0 Å². The average molecular weight is 797 g/mol. The van der Waals surface area contributed by atoms with Gasteiger partial charge < -0.3 is 24.0 Å². The molecule has 318 valence electrons. The minimum atomic E-state index is -4.40. The monoisotopic (exact) mass is 797 g/mol. The lowest BCUT2D eigenvalue weighted by Gasteiger charge is -2.24. The van der Waals surface area contributed by atoms with Crippen LogP contribution in [0.15, 0.2) is 60.8 Å². The largest absolute Gasteiger partial charge is 0.472 e. The Morgan fingerprint density at radius 1 is 0.636 bits per heavy atom. The molecule has 3 atom stereocenters. The molecule has 0 aliphatic heterocycles. The van der Waals surface area contributed by atoms with Gasteiger partial charge in [-0.2, -0.15) is 0 Å². The highest BCUT2D eigenvalue weighted by atomic mass is 31.2. The highest BCUT2D eigenvalue weighted by molar-refractivity contribution is 7.47. The number of likely N-dealkylation sites (N-methyl/N-ethyl adjacent to an activating group) is 1. The van der Waals surface area contributed by atoms with Gasteiger partial charge in [0.2, 0.25) is 0 Å². The zero-order chi connectivity index (χ0) is 40.9. The van der Waals surface area contributed by atoms with Gasteiger partial charge in [0.25, 0.3) is 0 Å². The predicted molar refractivity (Wildman–Crippen MR) is 225 cm³/mol. The lowest BCUT2D eigenvalue weighted by Crippen LogP contribution is -2.37. The first-order chi connectivity index (χ1) is 26.4. The molecule has 2 N–H and O–H groups in total. The Kier molecular flexibility index (Phi) is 34.5. The number of phosphoric ester groups is 1. The summed E-state index contributed by atoms with van der Waals surface area (Å²) >= 11 is 0. The van der Waals surface area contributed by atoms with Crippen molar-refractivity contribution in [3.63, 3.8) is 0 Å². The van der Waals surface area contributed by atoms with Crippen molar-refractivity contribution in [3.8, 4) is 0 Å². The maximum absolute atomic E-state index is 12.6. The second-order valence-corrected chi connectivity index (χ2v) is 16.6. The van der Waals surface area contributed by atoms with Crippen LogP contribution in [0.2, 0.25) is 0 Å². The molecule has 0 aromatic carbocycles. The molecule has 1 unspecified atom stereocenters. The summed E-state index contributed by atoms with van der Waals surface area (Å²) in [5, 5.41) is 9.82. The molecule has 0 aromatic heterocycles. The number of aliphatic hydroxyl groups is 1. The summed E-state index contributed by atoms with van der Waals surface area (Å²) in [6.07, 6.45) is 39.0. The van der Waals surface area contributed by atoms with Gasteiger partial charge in [-0.1, -0.05) is 126 Å². The lowest BCUT2D eigenvalue weighted by atomic mass is 10.1. The molecule has 0 rings (SSSR count).